The number of carbonyl (C=O) groups excluding carboxylic acids is 2. The molecule has 0 bridgehead atoms. The molecular formula is C25H20ClNO2. The fourth-order valence-electron chi connectivity index (χ4n) is 3.61. The van der Waals surface area contributed by atoms with E-state index in [0.717, 1.165) is 33.5 Å². The van der Waals surface area contributed by atoms with Crippen molar-refractivity contribution in [2.75, 3.05) is 4.90 Å². The van der Waals surface area contributed by atoms with Gasteiger partial charge in [0, 0.05) is 17.5 Å². The van der Waals surface area contributed by atoms with Crippen LogP contribution in [0.5, 0.6) is 0 Å². The van der Waals surface area contributed by atoms with E-state index in [1.807, 2.05) is 54.6 Å². The van der Waals surface area contributed by atoms with E-state index in [9.17, 15) is 9.59 Å². The molecule has 1 heterocycles. The molecule has 4 rings (SSSR count). The van der Waals surface area contributed by atoms with E-state index in [-0.39, 0.29) is 11.7 Å². The van der Waals surface area contributed by atoms with Gasteiger partial charge in [-0.05, 0) is 65.1 Å². The van der Waals surface area contributed by atoms with Gasteiger partial charge in [-0.1, -0.05) is 54.1 Å². The number of rotatable bonds is 2. The predicted molar refractivity (Wildman–Crippen MR) is 119 cm³/mol. The maximum absolute atomic E-state index is 12.3. The SMILES string of the molecule is CC(=O)c1cccc(-c2ccc3c(c2)C=Cc2cc(Cl)ccc2N(C(C)=O)C3)c1. The fourth-order valence-corrected chi connectivity index (χ4v) is 3.79. The van der Waals surface area contributed by atoms with Crippen LogP contribution in [0.3, 0.4) is 0 Å². The summed E-state index contributed by atoms with van der Waals surface area (Å²) in [6.45, 7) is 3.63. The molecule has 0 unspecified atom stereocenters. The lowest BCUT2D eigenvalue weighted by Gasteiger charge is -2.26. The van der Waals surface area contributed by atoms with Gasteiger partial charge in [-0.15, -0.1) is 0 Å². The van der Waals surface area contributed by atoms with E-state index >= 15 is 0 Å². The van der Waals surface area contributed by atoms with Crippen LogP contribution >= 0.6 is 11.6 Å². The Morgan fingerprint density at radius 1 is 0.862 bits per heavy atom. The smallest absolute Gasteiger partial charge is 0.224 e. The van der Waals surface area contributed by atoms with Gasteiger partial charge in [0.2, 0.25) is 5.91 Å². The summed E-state index contributed by atoms with van der Waals surface area (Å²) < 4.78 is 0. The third kappa shape index (κ3) is 3.87. The van der Waals surface area contributed by atoms with Gasteiger partial charge in [0.25, 0.3) is 0 Å². The van der Waals surface area contributed by atoms with Gasteiger partial charge in [0.15, 0.2) is 5.78 Å². The molecule has 0 aliphatic carbocycles. The summed E-state index contributed by atoms with van der Waals surface area (Å²) in [6.07, 6.45) is 4.05. The van der Waals surface area contributed by atoms with Crippen molar-refractivity contribution in [1.29, 1.82) is 0 Å². The van der Waals surface area contributed by atoms with E-state index < -0.39 is 0 Å². The van der Waals surface area contributed by atoms with Gasteiger partial charge >= 0.3 is 0 Å². The van der Waals surface area contributed by atoms with Crippen LogP contribution in [0.15, 0.2) is 60.7 Å². The van der Waals surface area contributed by atoms with Gasteiger partial charge in [-0.2, -0.15) is 0 Å². The zero-order valence-electron chi connectivity index (χ0n) is 16.3. The summed E-state index contributed by atoms with van der Waals surface area (Å²) in [4.78, 5) is 25.8. The van der Waals surface area contributed by atoms with Crippen LogP contribution in [0.2, 0.25) is 5.02 Å². The number of carbonyl (C=O) groups is 2. The quantitative estimate of drug-likeness (QED) is 0.476. The number of nitrogens with zero attached hydrogens (tertiary/aromatic N) is 1. The predicted octanol–water partition coefficient (Wildman–Crippen LogP) is 6.25. The van der Waals surface area contributed by atoms with Gasteiger partial charge in [0.1, 0.15) is 0 Å². The van der Waals surface area contributed by atoms with E-state index in [1.54, 1.807) is 24.8 Å². The van der Waals surface area contributed by atoms with Gasteiger partial charge < -0.3 is 4.90 Å². The van der Waals surface area contributed by atoms with Crippen molar-refractivity contribution < 1.29 is 9.59 Å². The lowest BCUT2D eigenvalue weighted by atomic mass is 9.95. The number of benzene rings is 3. The highest BCUT2D eigenvalue weighted by Gasteiger charge is 2.19. The summed E-state index contributed by atoms with van der Waals surface area (Å²) in [7, 11) is 0. The van der Waals surface area contributed by atoms with E-state index in [1.165, 1.54) is 0 Å². The standard InChI is InChI=1S/C25H20ClNO2/c1-16(28)18-4-3-5-19(12-18)20-7-9-23-15-27(17(2)29)25-11-10-24(26)14-22(25)8-6-21(23)13-20/h3-14H,15H2,1-2H3. The summed E-state index contributed by atoms with van der Waals surface area (Å²) in [6, 6.07) is 19.4. The van der Waals surface area contributed by atoms with Crippen molar-refractivity contribution in [3.63, 3.8) is 0 Å². The zero-order valence-corrected chi connectivity index (χ0v) is 17.0. The van der Waals surface area contributed by atoms with Gasteiger partial charge in [-0.3, -0.25) is 9.59 Å². The number of hydrogen-bond acceptors (Lipinski definition) is 2. The Kier molecular flexibility index (Phi) is 5.08. The highest BCUT2D eigenvalue weighted by atomic mass is 35.5. The molecular weight excluding hydrogens is 382 g/mol. The van der Waals surface area contributed by atoms with Crippen LogP contribution in [-0.4, -0.2) is 11.7 Å². The average molecular weight is 402 g/mol. The lowest BCUT2D eigenvalue weighted by molar-refractivity contribution is -0.116. The minimum absolute atomic E-state index is 0.0203. The molecule has 0 aromatic heterocycles. The zero-order chi connectivity index (χ0) is 20.5. The molecule has 0 N–H and O–H groups in total. The Bertz CT molecular complexity index is 1160. The number of Topliss-reactive ketones (excluding diaryl/α,β-unsaturated/α-hetero) is 1. The first-order valence-electron chi connectivity index (χ1n) is 9.42. The maximum Gasteiger partial charge on any atom is 0.224 e. The first kappa shape index (κ1) is 19.2. The number of fused-ring (bicyclic) bond motifs is 2. The van der Waals surface area contributed by atoms with Crippen LogP contribution < -0.4 is 4.90 Å². The van der Waals surface area contributed by atoms with Crippen LogP contribution in [0.25, 0.3) is 23.3 Å². The fraction of sp³-hybridized carbons (Fsp3) is 0.120. The Balaban J connectivity index is 1.82. The summed E-state index contributed by atoms with van der Waals surface area (Å²) in [5, 5.41) is 0.632. The second-order valence-corrected chi connectivity index (χ2v) is 7.63. The molecule has 1 amide bonds. The Morgan fingerprint density at radius 3 is 2.38 bits per heavy atom. The number of halogens is 1. The molecule has 4 heteroatoms. The first-order chi connectivity index (χ1) is 13.9. The molecule has 29 heavy (non-hydrogen) atoms. The lowest BCUT2D eigenvalue weighted by Crippen LogP contribution is -2.29. The van der Waals surface area contributed by atoms with Gasteiger partial charge in [0.05, 0.1) is 12.2 Å². The molecule has 3 aromatic carbocycles. The van der Waals surface area contributed by atoms with Crippen molar-refractivity contribution in [1.82, 2.24) is 0 Å². The van der Waals surface area contributed by atoms with E-state index in [0.29, 0.717) is 17.1 Å². The molecule has 1 aliphatic rings. The summed E-state index contributed by atoms with van der Waals surface area (Å²) in [5.74, 6) is 0.0247. The van der Waals surface area contributed by atoms with Gasteiger partial charge in [-0.25, -0.2) is 0 Å². The van der Waals surface area contributed by atoms with Crippen molar-refractivity contribution in [2.24, 2.45) is 0 Å². The van der Waals surface area contributed by atoms with Crippen LogP contribution in [0.4, 0.5) is 5.69 Å². The number of ketones is 1. The summed E-state index contributed by atoms with van der Waals surface area (Å²) in [5.41, 5.74) is 6.55. The van der Waals surface area contributed by atoms with E-state index in [2.05, 4.69) is 12.1 Å². The molecule has 144 valence electrons. The van der Waals surface area contributed by atoms with Crippen molar-refractivity contribution in [3.8, 4) is 11.1 Å². The largest absolute Gasteiger partial charge is 0.308 e. The molecule has 0 fully saturated rings. The molecule has 3 nitrogen and oxygen atoms in total. The minimum Gasteiger partial charge on any atom is -0.308 e. The van der Waals surface area contributed by atoms with Crippen LogP contribution in [-0.2, 0) is 11.3 Å². The number of hydrogen-bond donors (Lipinski definition) is 0. The molecule has 1 aliphatic heterocycles. The normalized spacial score (nSPS) is 12.6. The maximum atomic E-state index is 12.3. The first-order valence-corrected chi connectivity index (χ1v) is 9.80. The molecule has 0 spiro atoms. The molecule has 0 saturated heterocycles. The Morgan fingerprint density at radius 2 is 1.62 bits per heavy atom. The summed E-state index contributed by atoms with van der Waals surface area (Å²) >= 11 is 6.18. The highest BCUT2D eigenvalue weighted by molar-refractivity contribution is 6.30. The topological polar surface area (TPSA) is 37.4 Å². The second kappa shape index (κ2) is 7.69. The molecule has 0 atom stereocenters. The third-order valence-corrected chi connectivity index (χ3v) is 5.41. The van der Waals surface area contributed by atoms with Crippen molar-refractivity contribution in [2.45, 2.75) is 20.4 Å². The number of amides is 1. The Labute approximate surface area is 175 Å². The highest BCUT2D eigenvalue weighted by Crippen LogP contribution is 2.33. The van der Waals surface area contributed by atoms with Crippen molar-refractivity contribution in [3.05, 3.63) is 87.9 Å². The molecule has 0 radical (unpaired) electrons. The molecule has 0 saturated carbocycles. The third-order valence-electron chi connectivity index (χ3n) is 5.18. The average Bonchev–Trinajstić information content (AvgIpc) is 2.69. The second-order valence-electron chi connectivity index (χ2n) is 7.19. The van der Waals surface area contributed by atoms with Crippen LogP contribution in [0.1, 0.15) is 40.9 Å². The van der Waals surface area contributed by atoms with Crippen LogP contribution in [0, 0.1) is 0 Å². The van der Waals surface area contributed by atoms with Crippen molar-refractivity contribution >= 4 is 41.1 Å². The Hall–Kier alpha value is -3.17. The molecule has 3 aromatic rings. The minimum atomic E-state index is -0.0203. The number of anilines is 1. The van der Waals surface area contributed by atoms with E-state index in [4.69, 9.17) is 11.6 Å². The monoisotopic (exact) mass is 401 g/mol.